The van der Waals surface area contributed by atoms with Crippen molar-refractivity contribution in [3.8, 4) is 0 Å². The first-order valence-electron chi connectivity index (χ1n) is 6.22. The molecule has 1 unspecified atom stereocenters. The van der Waals surface area contributed by atoms with Gasteiger partial charge in [0.15, 0.2) is 0 Å². The number of aromatic nitrogens is 3. The third-order valence-electron chi connectivity index (χ3n) is 2.89. The third kappa shape index (κ3) is 2.90. The second-order valence-corrected chi connectivity index (χ2v) is 4.25. The van der Waals surface area contributed by atoms with E-state index in [2.05, 4.69) is 34.1 Å². The Bertz CT molecular complexity index is 484. The Kier molecular flexibility index (Phi) is 4.36. The maximum Gasteiger partial charge on any atom is 0.115 e. The van der Waals surface area contributed by atoms with Gasteiger partial charge in [-0.25, -0.2) is 9.97 Å². The van der Waals surface area contributed by atoms with Crippen LogP contribution in [0.3, 0.4) is 0 Å². The van der Waals surface area contributed by atoms with Gasteiger partial charge in [0.25, 0.3) is 0 Å². The maximum atomic E-state index is 4.35. The van der Waals surface area contributed by atoms with E-state index in [0.29, 0.717) is 0 Å². The monoisotopic (exact) mass is 242 g/mol. The molecule has 4 heteroatoms. The molecule has 0 radical (unpaired) electrons. The quantitative estimate of drug-likeness (QED) is 0.873. The molecule has 2 aromatic rings. The van der Waals surface area contributed by atoms with E-state index < -0.39 is 0 Å². The topological polar surface area (TPSA) is 50.7 Å². The van der Waals surface area contributed by atoms with Crippen molar-refractivity contribution in [3.63, 3.8) is 0 Å². The molecule has 0 amide bonds. The van der Waals surface area contributed by atoms with Crippen LogP contribution in [0.15, 0.2) is 37.1 Å². The van der Waals surface area contributed by atoms with Crippen LogP contribution in [-0.2, 0) is 0 Å². The molecular weight excluding hydrogens is 224 g/mol. The fraction of sp³-hybridized carbons (Fsp3) is 0.357. The van der Waals surface area contributed by atoms with Crippen LogP contribution in [0.2, 0.25) is 0 Å². The Balaban J connectivity index is 2.34. The number of aryl methyl sites for hydroxylation is 1. The number of nitrogens with one attached hydrogen (secondary N) is 1. The molecule has 0 aromatic carbocycles. The summed E-state index contributed by atoms with van der Waals surface area (Å²) in [6.07, 6.45) is 8.16. The zero-order chi connectivity index (χ0) is 12.8. The minimum absolute atomic E-state index is 0.0849. The van der Waals surface area contributed by atoms with E-state index in [-0.39, 0.29) is 6.04 Å². The van der Waals surface area contributed by atoms with Gasteiger partial charge < -0.3 is 5.32 Å². The summed E-state index contributed by atoms with van der Waals surface area (Å²) in [5, 5.41) is 3.51. The molecule has 4 nitrogen and oxygen atoms in total. The molecule has 1 N–H and O–H groups in total. The smallest absolute Gasteiger partial charge is 0.115 e. The largest absolute Gasteiger partial charge is 0.305 e. The van der Waals surface area contributed by atoms with E-state index in [1.165, 1.54) is 11.1 Å². The van der Waals surface area contributed by atoms with E-state index in [0.717, 1.165) is 18.7 Å². The van der Waals surface area contributed by atoms with E-state index in [1.807, 2.05) is 24.5 Å². The number of rotatable bonds is 5. The minimum Gasteiger partial charge on any atom is -0.305 e. The highest BCUT2D eigenvalue weighted by molar-refractivity contribution is 5.31. The van der Waals surface area contributed by atoms with Crippen molar-refractivity contribution in [1.82, 2.24) is 20.3 Å². The van der Waals surface area contributed by atoms with Crippen molar-refractivity contribution in [2.75, 3.05) is 6.54 Å². The summed E-state index contributed by atoms with van der Waals surface area (Å²) < 4.78 is 0. The van der Waals surface area contributed by atoms with E-state index in [4.69, 9.17) is 0 Å². The Morgan fingerprint density at radius 2 is 2.06 bits per heavy atom. The number of hydrogen-bond donors (Lipinski definition) is 1. The molecule has 0 bridgehead atoms. The molecule has 94 valence electrons. The van der Waals surface area contributed by atoms with E-state index in [1.54, 1.807) is 12.5 Å². The zero-order valence-electron chi connectivity index (χ0n) is 10.8. The lowest BCUT2D eigenvalue weighted by molar-refractivity contribution is 0.581. The summed E-state index contributed by atoms with van der Waals surface area (Å²) in [4.78, 5) is 12.5. The second-order valence-electron chi connectivity index (χ2n) is 4.25. The summed E-state index contributed by atoms with van der Waals surface area (Å²) >= 11 is 0. The molecule has 0 aliphatic heterocycles. The zero-order valence-corrected chi connectivity index (χ0v) is 10.8. The van der Waals surface area contributed by atoms with Crippen molar-refractivity contribution in [2.45, 2.75) is 26.3 Å². The molecule has 2 heterocycles. The molecule has 1 atom stereocenters. The van der Waals surface area contributed by atoms with Crippen LogP contribution < -0.4 is 5.32 Å². The van der Waals surface area contributed by atoms with Gasteiger partial charge in [-0.2, -0.15) is 0 Å². The summed E-state index contributed by atoms with van der Waals surface area (Å²) in [7, 11) is 0. The second kappa shape index (κ2) is 6.21. The molecule has 0 saturated carbocycles. The summed E-state index contributed by atoms with van der Waals surface area (Å²) in [6, 6.07) is 4.05. The lowest BCUT2D eigenvalue weighted by Gasteiger charge is -2.19. The van der Waals surface area contributed by atoms with Gasteiger partial charge >= 0.3 is 0 Å². The van der Waals surface area contributed by atoms with Crippen LogP contribution in [0.4, 0.5) is 0 Å². The minimum atomic E-state index is 0.0849. The van der Waals surface area contributed by atoms with Crippen molar-refractivity contribution in [2.24, 2.45) is 0 Å². The SMILES string of the molecule is CCCNC(c1ccncn1)c1cnccc1C. The van der Waals surface area contributed by atoms with Gasteiger partial charge in [0.2, 0.25) is 0 Å². The van der Waals surface area contributed by atoms with Gasteiger partial charge in [-0.15, -0.1) is 0 Å². The highest BCUT2D eigenvalue weighted by Crippen LogP contribution is 2.22. The Hall–Kier alpha value is -1.81. The highest BCUT2D eigenvalue weighted by atomic mass is 15.0. The predicted molar refractivity (Wildman–Crippen MR) is 71.1 cm³/mol. The lowest BCUT2D eigenvalue weighted by atomic mass is 10.0. The van der Waals surface area contributed by atoms with Gasteiger partial charge in [-0.3, -0.25) is 4.98 Å². The first kappa shape index (κ1) is 12.6. The standard InChI is InChI=1S/C14H18N4/c1-3-6-17-14(13-5-8-16-10-18-13)12-9-15-7-4-11(12)2/h4-5,7-10,14,17H,3,6H2,1-2H3. The lowest BCUT2D eigenvalue weighted by Crippen LogP contribution is -2.25. The first-order valence-corrected chi connectivity index (χ1v) is 6.22. The number of nitrogens with zero attached hydrogens (tertiary/aromatic N) is 3. The summed E-state index contributed by atoms with van der Waals surface area (Å²) in [5.41, 5.74) is 3.37. The summed E-state index contributed by atoms with van der Waals surface area (Å²) in [5.74, 6) is 0. The number of pyridine rings is 1. The van der Waals surface area contributed by atoms with Gasteiger partial charge in [0.05, 0.1) is 11.7 Å². The van der Waals surface area contributed by atoms with Crippen molar-refractivity contribution in [1.29, 1.82) is 0 Å². The Morgan fingerprint density at radius 3 is 2.72 bits per heavy atom. The fourth-order valence-corrected chi connectivity index (χ4v) is 1.91. The van der Waals surface area contributed by atoms with Crippen LogP contribution in [-0.4, -0.2) is 21.5 Å². The molecule has 2 rings (SSSR count). The van der Waals surface area contributed by atoms with Crippen molar-refractivity contribution in [3.05, 3.63) is 53.9 Å². The first-order chi connectivity index (χ1) is 8.83. The number of hydrogen-bond acceptors (Lipinski definition) is 4. The van der Waals surface area contributed by atoms with Crippen LogP contribution in [0.5, 0.6) is 0 Å². The molecule has 2 aromatic heterocycles. The van der Waals surface area contributed by atoms with Crippen molar-refractivity contribution >= 4 is 0 Å². The third-order valence-corrected chi connectivity index (χ3v) is 2.89. The highest BCUT2D eigenvalue weighted by Gasteiger charge is 2.16. The molecule has 0 fully saturated rings. The van der Waals surface area contributed by atoms with E-state index in [9.17, 15) is 0 Å². The Morgan fingerprint density at radius 1 is 1.22 bits per heavy atom. The molecule has 0 spiro atoms. The van der Waals surface area contributed by atoms with Gasteiger partial charge in [-0.05, 0) is 43.1 Å². The summed E-state index contributed by atoms with van der Waals surface area (Å²) in [6.45, 7) is 5.20. The Labute approximate surface area is 108 Å². The van der Waals surface area contributed by atoms with Gasteiger partial charge in [0.1, 0.15) is 6.33 Å². The molecule has 0 aliphatic carbocycles. The van der Waals surface area contributed by atoms with Crippen LogP contribution in [0, 0.1) is 6.92 Å². The van der Waals surface area contributed by atoms with Crippen LogP contribution in [0.1, 0.15) is 36.2 Å². The fourth-order valence-electron chi connectivity index (χ4n) is 1.91. The van der Waals surface area contributed by atoms with E-state index >= 15 is 0 Å². The normalized spacial score (nSPS) is 12.3. The van der Waals surface area contributed by atoms with Crippen LogP contribution in [0.25, 0.3) is 0 Å². The van der Waals surface area contributed by atoms with Gasteiger partial charge in [-0.1, -0.05) is 6.92 Å². The molecular formula is C14H18N4. The maximum absolute atomic E-state index is 4.35. The average molecular weight is 242 g/mol. The average Bonchev–Trinajstić information content (AvgIpc) is 2.42. The molecule has 0 saturated heterocycles. The van der Waals surface area contributed by atoms with Crippen LogP contribution >= 0.6 is 0 Å². The predicted octanol–water partition coefficient (Wildman–Crippen LogP) is 2.27. The van der Waals surface area contributed by atoms with Crippen molar-refractivity contribution < 1.29 is 0 Å². The van der Waals surface area contributed by atoms with Gasteiger partial charge in [0, 0.05) is 18.6 Å². The molecule has 0 aliphatic rings. The molecule has 18 heavy (non-hydrogen) atoms.